The van der Waals surface area contributed by atoms with Gasteiger partial charge in [-0.15, -0.1) is 0 Å². The molecule has 0 atom stereocenters. The van der Waals surface area contributed by atoms with Crippen molar-refractivity contribution in [3.63, 3.8) is 0 Å². The van der Waals surface area contributed by atoms with Gasteiger partial charge >= 0.3 is 0 Å². The molecule has 0 amide bonds. The SMILES string of the molecule is CCC1(C)CCN(Cc2ccccc2CN)CC1. The second kappa shape index (κ2) is 5.85. The van der Waals surface area contributed by atoms with Crippen molar-refractivity contribution in [1.82, 2.24) is 4.90 Å². The van der Waals surface area contributed by atoms with E-state index in [1.165, 1.54) is 43.5 Å². The number of rotatable bonds is 4. The summed E-state index contributed by atoms with van der Waals surface area (Å²) < 4.78 is 0. The van der Waals surface area contributed by atoms with Gasteiger partial charge in [0, 0.05) is 13.1 Å². The molecule has 1 aliphatic rings. The van der Waals surface area contributed by atoms with Crippen molar-refractivity contribution in [3.05, 3.63) is 35.4 Å². The third kappa shape index (κ3) is 3.12. The predicted octanol–water partition coefficient (Wildman–Crippen LogP) is 3.16. The van der Waals surface area contributed by atoms with Crippen LogP contribution in [0.4, 0.5) is 0 Å². The highest BCUT2D eigenvalue weighted by Gasteiger charge is 2.28. The third-order valence-corrected chi connectivity index (χ3v) is 4.65. The van der Waals surface area contributed by atoms with Crippen LogP contribution in [0.3, 0.4) is 0 Å². The van der Waals surface area contributed by atoms with Crippen molar-refractivity contribution in [1.29, 1.82) is 0 Å². The molecule has 0 aliphatic carbocycles. The minimum Gasteiger partial charge on any atom is -0.326 e. The Labute approximate surface area is 111 Å². The maximum atomic E-state index is 5.80. The normalized spacial score (nSPS) is 19.9. The van der Waals surface area contributed by atoms with E-state index in [2.05, 4.69) is 43.0 Å². The van der Waals surface area contributed by atoms with Gasteiger partial charge < -0.3 is 5.73 Å². The predicted molar refractivity (Wildman–Crippen MR) is 77.2 cm³/mol. The second-order valence-corrected chi connectivity index (χ2v) is 5.91. The van der Waals surface area contributed by atoms with Crippen LogP contribution in [0.15, 0.2) is 24.3 Å². The topological polar surface area (TPSA) is 29.3 Å². The number of nitrogens with two attached hydrogens (primary N) is 1. The first-order valence-corrected chi connectivity index (χ1v) is 7.16. The van der Waals surface area contributed by atoms with Gasteiger partial charge in [0.1, 0.15) is 0 Å². The lowest BCUT2D eigenvalue weighted by Gasteiger charge is -2.39. The smallest absolute Gasteiger partial charge is 0.0236 e. The molecule has 0 unspecified atom stereocenters. The van der Waals surface area contributed by atoms with Crippen LogP contribution in [0.25, 0.3) is 0 Å². The largest absolute Gasteiger partial charge is 0.326 e. The molecule has 2 heteroatoms. The molecule has 2 rings (SSSR count). The van der Waals surface area contributed by atoms with Crippen LogP contribution in [0.5, 0.6) is 0 Å². The van der Waals surface area contributed by atoms with E-state index in [-0.39, 0.29) is 0 Å². The molecule has 1 aromatic rings. The summed E-state index contributed by atoms with van der Waals surface area (Å²) in [5, 5.41) is 0. The van der Waals surface area contributed by atoms with Gasteiger partial charge in [-0.05, 0) is 42.5 Å². The fraction of sp³-hybridized carbons (Fsp3) is 0.625. The first-order valence-electron chi connectivity index (χ1n) is 7.16. The van der Waals surface area contributed by atoms with Gasteiger partial charge in [0.05, 0.1) is 0 Å². The van der Waals surface area contributed by atoms with Crippen molar-refractivity contribution >= 4 is 0 Å². The third-order valence-electron chi connectivity index (χ3n) is 4.65. The van der Waals surface area contributed by atoms with E-state index in [1.807, 2.05) is 0 Å². The van der Waals surface area contributed by atoms with Gasteiger partial charge in [0.2, 0.25) is 0 Å². The minimum absolute atomic E-state index is 0.573. The number of piperidine rings is 1. The second-order valence-electron chi connectivity index (χ2n) is 5.91. The first-order chi connectivity index (χ1) is 8.67. The molecule has 1 aliphatic heterocycles. The van der Waals surface area contributed by atoms with Crippen LogP contribution in [0.2, 0.25) is 0 Å². The molecule has 2 nitrogen and oxygen atoms in total. The standard InChI is InChI=1S/C16H26N2/c1-3-16(2)8-10-18(11-9-16)13-15-7-5-4-6-14(15)12-17/h4-7H,3,8-13,17H2,1-2H3. The number of hydrogen-bond acceptors (Lipinski definition) is 2. The molecule has 2 N–H and O–H groups in total. The lowest BCUT2D eigenvalue weighted by atomic mass is 9.78. The molecule has 1 fully saturated rings. The van der Waals surface area contributed by atoms with E-state index >= 15 is 0 Å². The zero-order chi connectivity index (χ0) is 13.0. The molecular weight excluding hydrogens is 220 g/mol. The highest BCUT2D eigenvalue weighted by atomic mass is 15.1. The van der Waals surface area contributed by atoms with E-state index in [4.69, 9.17) is 5.73 Å². The summed E-state index contributed by atoms with van der Waals surface area (Å²) in [5.41, 5.74) is 9.07. The van der Waals surface area contributed by atoms with Gasteiger partial charge in [-0.25, -0.2) is 0 Å². The average molecular weight is 246 g/mol. The van der Waals surface area contributed by atoms with Crippen molar-refractivity contribution in [2.24, 2.45) is 11.1 Å². The molecule has 1 heterocycles. The quantitative estimate of drug-likeness (QED) is 0.884. The van der Waals surface area contributed by atoms with Crippen LogP contribution < -0.4 is 5.73 Å². The summed E-state index contributed by atoms with van der Waals surface area (Å²) in [7, 11) is 0. The number of nitrogens with zero attached hydrogens (tertiary/aromatic N) is 1. The molecule has 1 saturated heterocycles. The first kappa shape index (κ1) is 13.6. The monoisotopic (exact) mass is 246 g/mol. The lowest BCUT2D eigenvalue weighted by Crippen LogP contribution is -2.38. The minimum atomic E-state index is 0.573. The fourth-order valence-electron chi connectivity index (χ4n) is 2.76. The maximum Gasteiger partial charge on any atom is 0.0236 e. The van der Waals surface area contributed by atoms with Crippen molar-refractivity contribution in [2.45, 2.75) is 46.2 Å². The number of hydrogen-bond donors (Lipinski definition) is 1. The van der Waals surface area contributed by atoms with E-state index in [0.717, 1.165) is 6.54 Å². The van der Waals surface area contributed by atoms with Gasteiger partial charge in [0.15, 0.2) is 0 Å². The molecule has 0 radical (unpaired) electrons. The molecule has 0 spiro atoms. The highest BCUT2D eigenvalue weighted by molar-refractivity contribution is 5.26. The van der Waals surface area contributed by atoms with E-state index in [1.54, 1.807) is 0 Å². The fourth-order valence-corrected chi connectivity index (χ4v) is 2.76. The number of benzene rings is 1. The van der Waals surface area contributed by atoms with Crippen LogP contribution in [-0.4, -0.2) is 18.0 Å². The summed E-state index contributed by atoms with van der Waals surface area (Å²) in [4.78, 5) is 2.58. The molecule has 1 aromatic carbocycles. The molecule has 0 saturated carbocycles. The Morgan fingerprint density at radius 1 is 1.17 bits per heavy atom. The molecule has 100 valence electrons. The summed E-state index contributed by atoms with van der Waals surface area (Å²) >= 11 is 0. The Hall–Kier alpha value is -0.860. The zero-order valence-electron chi connectivity index (χ0n) is 11.8. The summed E-state index contributed by atoms with van der Waals surface area (Å²) in [6, 6.07) is 8.57. The lowest BCUT2D eigenvalue weighted by molar-refractivity contribution is 0.109. The van der Waals surface area contributed by atoms with Crippen LogP contribution >= 0.6 is 0 Å². The van der Waals surface area contributed by atoms with Crippen molar-refractivity contribution in [2.75, 3.05) is 13.1 Å². The maximum absolute atomic E-state index is 5.80. The molecule has 0 bridgehead atoms. The van der Waals surface area contributed by atoms with Gasteiger partial charge in [0.25, 0.3) is 0 Å². The van der Waals surface area contributed by atoms with E-state index in [9.17, 15) is 0 Å². The summed E-state index contributed by atoms with van der Waals surface area (Å²) in [6.45, 7) is 8.91. The van der Waals surface area contributed by atoms with Crippen LogP contribution in [0.1, 0.15) is 44.2 Å². The van der Waals surface area contributed by atoms with Gasteiger partial charge in [-0.2, -0.15) is 0 Å². The Balaban J connectivity index is 1.95. The Morgan fingerprint density at radius 3 is 2.33 bits per heavy atom. The molecule has 0 aromatic heterocycles. The summed E-state index contributed by atoms with van der Waals surface area (Å²) in [5.74, 6) is 0. The average Bonchev–Trinajstić information content (AvgIpc) is 2.42. The van der Waals surface area contributed by atoms with E-state index in [0.29, 0.717) is 12.0 Å². The van der Waals surface area contributed by atoms with Gasteiger partial charge in [-0.3, -0.25) is 4.90 Å². The van der Waals surface area contributed by atoms with Crippen molar-refractivity contribution < 1.29 is 0 Å². The highest BCUT2D eigenvalue weighted by Crippen LogP contribution is 2.34. The number of likely N-dealkylation sites (tertiary alicyclic amines) is 1. The molecule has 18 heavy (non-hydrogen) atoms. The Kier molecular flexibility index (Phi) is 4.41. The van der Waals surface area contributed by atoms with E-state index < -0.39 is 0 Å². The molecular formula is C16H26N2. The van der Waals surface area contributed by atoms with Gasteiger partial charge in [-0.1, -0.05) is 44.5 Å². The summed E-state index contributed by atoms with van der Waals surface area (Å²) in [6.07, 6.45) is 3.96. The van der Waals surface area contributed by atoms with Crippen LogP contribution in [-0.2, 0) is 13.1 Å². The van der Waals surface area contributed by atoms with Crippen LogP contribution in [0, 0.1) is 5.41 Å². The Bertz CT molecular complexity index is 378. The zero-order valence-corrected chi connectivity index (χ0v) is 11.8. The Morgan fingerprint density at radius 2 is 1.78 bits per heavy atom. The van der Waals surface area contributed by atoms with Crippen molar-refractivity contribution in [3.8, 4) is 0 Å².